The highest BCUT2D eigenvalue weighted by molar-refractivity contribution is 7.98. The molecule has 0 radical (unpaired) electrons. The number of piperazine rings is 1. The third-order valence-corrected chi connectivity index (χ3v) is 3.98. The monoisotopic (exact) mass is 258 g/mol. The van der Waals surface area contributed by atoms with Crippen LogP contribution in [0.3, 0.4) is 0 Å². The van der Waals surface area contributed by atoms with Crippen molar-refractivity contribution in [3.05, 3.63) is 0 Å². The summed E-state index contributed by atoms with van der Waals surface area (Å²) in [5, 5.41) is 2.81. The van der Waals surface area contributed by atoms with E-state index in [2.05, 4.69) is 5.32 Å². The zero-order valence-electron chi connectivity index (χ0n) is 11.2. The highest BCUT2D eigenvalue weighted by Crippen LogP contribution is 2.19. The minimum Gasteiger partial charge on any atom is -0.342 e. The van der Waals surface area contributed by atoms with Gasteiger partial charge < -0.3 is 10.2 Å². The van der Waals surface area contributed by atoms with Gasteiger partial charge in [0.05, 0.1) is 0 Å². The Morgan fingerprint density at radius 3 is 2.41 bits per heavy atom. The first-order valence-corrected chi connectivity index (χ1v) is 7.41. The summed E-state index contributed by atoms with van der Waals surface area (Å²) in [5.74, 6) is 0.988. The predicted octanol–water partition coefficient (Wildman–Crippen LogP) is 1.11. The summed E-state index contributed by atoms with van der Waals surface area (Å²) in [4.78, 5) is 25.9. The van der Waals surface area contributed by atoms with Crippen LogP contribution in [0.2, 0.25) is 0 Å². The van der Waals surface area contributed by atoms with Gasteiger partial charge in [-0.2, -0.15) is 11.8 Å². The molecular formula is C12H22N2O2S. The van der Waals surface area contributed by atoms with E-state index >= 15 is 0 Å². The lowest BCUT2D eigenvalue weighted by molar-refractivity contribution is -0.151. The number of hydrogen-bond acceptors (Lipinski definition) is 3. The molecule has 0 spiro atoms. The molecule has 0 aromatic carbocycles. The fourth-order valence-electron chi connectivity index (χ4n) is 2.19. The topological polar surface area (TPSA) is 49.4 Å². The summed E-state index contributed by atoms with van der Waals surface area (Å²) in [6.07, 6.45) is 2.01. The molecular weight excluding hydrogens is 236 g/mol. The zero-order valence-corrected chi connectivity index (χ0v) is 12.0. The van der Waals surface area contributed by atoms with Gasteiger partial charge in [-0.25, -0.2) is 0 Å². The minimum atomic E-state index is -0.372. The Bertz CT molecular complexity index is 307. The Morgan fingerprint density at radius 1 is 1.35 bits per heavy atom. The fourth-order valence-corrected chi connectivity index (χ4v) is 2.83. The van der Waals surface area contributed by atoms with Crippen LogP contribution in [-0.2, 0) is 9.59 Å². The summed E-state index contributed by atoms with van der Waals surface area (Å²) in [6.45, 7) is 7.70. The summed E-state index contributed by atoms with van der Waals surface area (Å²) in [5.41, 5.74) is 0. The van der Waals surface area contributed by atoms with Crippen LogP contribution in [0.25, 0.3) is 0 Å². The van der Waals surface area contributed by atoms with Crippen molar-refractivity contribution in [3.63, 3.8) is 0 Å². The van der Waals surface area contributed by atoms with Crippen LogP contribution in [0.5, 0.6) is 0 Å². The number of rotatable bonds is 4. The van der Waals surface area contributed by atoms with Crippen molar-refractivity contribution in [2.24, 2.45) is 5.92 Å². The van der Waals surface area contributed by atoms with E-state index < -0.39 is 0 Å². The van der Waals surface area contributed by atoms with Gasteiger partial charge in [0.25, 0.3) is 0 Å². The van der Waals surface area contributed by atoms with Crippen LogP contribution >= 0.6 is 11.8 Å². The van der Waals surface area contributed by atoms with Crippen LogP contribution in [0.1, 0.15) is 27.7 Å². The van der Waals surface area contributed by atoms with Crippen LogP contribution in [0, 0.1) is 5.92 Å². The fraction of sp³-hybridized carbons (Fsp3) is 0.833. The highest BCUT2D eigenvalue weighted by atomic mass is 32.2. The molecule has 1 fully saturated rings. The molecule has 3 atom stereocenters. The molecule has 1 aliphatic rings. The quantitative estimate of drug-likeness (QED) is 0.822. The van der Waals surface area contributed by atoms with Gasteiger partial charge in [-0.15, -0.1) is 0 Å². The van der Waals surface area contributed by atoms with E-state index in [1.54, 1.807) is 23.6 Å². The van der Waals surface area contributed by atoms with E-state index in [9.17, 15) is 9.59 Å². The molecule has 2 amide bonds. The maximum absolute atomic E-state index is 12.3. The second-order valence-electron chi connectivity index (χ2n) is 4.96. The van der Waals surface area contributed by atoms with Gasteiger partial charge in [-0.3, -0.25) is 9.59 Å². The SMILES string of the molecule is CSCC(C)N1C(=O)C(C(C)C)NC(=O)C1C. The normalized spacial score (nSPS) is 27.3. The van der Waals surface area contributed by atoms with Gasteiger partial charge in [0.1, 0.15) is 12.1 Å². The average molecular weight is 258 g/mol. The number of carbonyl (C=O) groups is 2. The molecule has 0 bridgehead atoms. The van der Waals surface area contributed by atoms with Crippen LogP contribution in [0.15, 0.2) is 0 Å². The van der Waals surface area contributed by atoms with E-state index in [4.69, 9.17) is 0 Å². The van der Waals surface area contributed by atoms with Crippen molar-refractivity contribution in [1.29, 1.82) is 0 Å². The Balaban J connectivity index is 2.91. The maximum Gasteiger partial charge on any atom is 0.246 e. The Kier molecular flexibility index (Phi) is 4.86. The van der Waals surface area contributed by atoms with Crippen LogP contribution < -0.4 is 5.32 Å². The van der Waals surface area contributed by atoms with E-state index in [1.807, 2.05) is 27.0 Å². The first-order valence-electron chi connectivity index (χ1n) is 6.01. The average Bonchev–Trinajstić information content (AvgIpc) is 2.23. The molecule has 0 aliphatic carbocycles. The van der Waals surface area contributed by atoms with Crippen molar-refractivity contribution in [1.82, 2.24) is 10.2 Å². The lowest BCUT2D eigenvalue weighted by Crippen LogP contribution is -2.66. The van der Waals surface area contributed by atoms with Crippen molar-refractivity contribution < 1.29 is 9.59 Å². The van der Waals surface area contributed by atoms with Crippen LogP contribution in [0.4, 0.5) is 0 Å². The first-order chi connectivity index (χ1) is 7.90. The van der Waals surface area contributed by atoms with Crippen molar-refractivity contribution in [2.45, 2.75) is 45.8 Å². The number of amides is 2. The predicted molar refractivity (Wildman–Crippen MR) is 70.9 cm³/mol. The lowest BCUT2D eigenvalue weighted by Gasteiger charge is -2.42. The molecule has 1 heterocycles. The lowest BCUT2D eigenvalue weighted by atomic mass is 9.97. The molecule has 3 unspecified atom stereocenters. The van der Waals surface area contributed by atoms with Gasteiger partial charge in [0.15, 0.2) is 0 Å². The van der Waals surface area contributed by atoms with Crippen molar-refractivity contribution in [2.75, 3.05) is 12.0 Å². The number of carbonyl (C=O) groups excluding carboxylic acids is 2. The Hall–Kier alpha value is -0.710. The molecule has 1 N–H and O–H groups in total. The molecule has 1 rings (SSSR count). The second-order valence-corrected chi connectivity index (χ2v) is 5.87. The molecule has 0 saturated carbocycles. The number of thioether (sulfide) groups is 1. The summed E-state index contributed by atoms with van der Waals surface area (Å²) < 4.78 is 0. The van der Waals surface area contributed by atoms with Crippen LogP contribution in [-0.4, -0.2) is 46.8 Å². The number of nitrogens with zero attached hydrogens (tertiary/aromatic N) is 1. The number of hydrogen-bond donors (Lipinski definition) is 1. The molecule has 1 aliphatic heterocycles. The number of nitrogens with one attached hydrogen (secondary N) is 1. The van der Waals surface area contributed by atoms with Crippen molar-refractivity contribution >= 4 is 23.6 Å². The van der Waals surface area contributed by atoms with E-state index in [0.29, 0.717) is 0 Å². The Labute approximate surface area is 108 Å². The third kappa shape index (κ3) is 2.94. The molecule has 0 aromatic heterocycles. The van der Waals surface area contributed by atoms with Gasteiger partial charge in [0, 0.05) is 11.8 Å². The Morgan fingerprint density at radius 2 is 1.94 bits per heavy atom. The van der Waals surface area contributed by atoms with Gasteiger partial charge >= 0.3 is 0 Å². The van der Waals surface area contributed by atoms with Gasteiger partial charge in [-0.05, 0) is 26.0 Å². The standard InChI is InChI=1S/C12H22N2O2S/c1-7(2)10-12(16)14(8(3)6-17-5)9(4)11(15)13-10/h7-10H,6H2,1-5H3,(H,13,15). The van der Waals surface area contributed by atoms with Gasteiger partial charge in [0.2, 0.25) is 11.8 Å². The maximum atomic E-state index is 12.3. The second kappa shape index (κ2) is 5.76. The van der Waals surface area contributed by atoms with Crippen molar-refractivity contribution in [3.8, 4) is 0 Å². The molecule has 1 saturated heterocycles. The molecule has 17 heavy (non-hydrogen) atoms. The summed E-state index contributed by atoms with van der Waals surface area (Å²) >= 11 is 1.69. The molecule has 4 nitrogen and oxygen atoms in total. The van der Waals surface area contributed by atoms with E-state index in [0.717, 1.165) is 5.75 Å². The van der Waals surface area contributed by atoms with E-state index in [1.165, 1.54) is 0 Å². The molecule has 5 heteroatoms. The molecule has 0 aromatic rings. The first kappa shape index (κ1) is 14.4. The summed E-state index contributed by atoms with van der Waals surface area (Å²) in [7, 11) is 0. The van der Waals surface area contributed by atoms with E-state index in [-0.39, 0.29) is 35.9 Å². The summed E-state index contributed by atoms with van der Waals surface area (Å²) in [6, 6.07) is -0.637. The molecule has 98 valence electrons. The zero-order chi connectivity index (χ0) is 13.2. The minimum absolute atomic E-state index is 0.0451. The van der Waals surface area contributed by atoms with Gasteiger partial charge in [-0.1, -0.05) is 13.8 Å². The smallest absolute Gasteiger partial charge is 0.246 e. The third-order valence-electron chi connectivity index (χ3n) is 3.16. The largest absolute Gasteiger partial charge is 0.342 e. The highest BCUT2D eigenvalue weighted by Gasteiger charge is 2.41.